The highest BCUT2D eigenvalue weighted by Gasteiger charge is 2.30. The molecule has 0 aliphatic carbocycles. The molecule has 0 saturated heterocycles. The van der Waals surface area contributed by atoms with Gasteiger partial charge >= 0.3 is 0 Å². The van der Waals surface area contributed by atoms with Gasteiger partial charge in [-0.2, -0.15) is 0 Å². The van der Waals surface area contributed by atoms with Gasteiger partial charge in [0.25, 0.3) is 11.8 Å². The Labute approximate surface area is 236 Å². The number of carbonyl (C=O) groups excluding carboxylic acids is 4. The molecule has 228 valence electrons. The third-order valence-corrected chi connectivity index (χ3v) is 6.42. The summed E-state index contributed by atoms with van der Waals surface area (Å²) in [5.74, 6) is -1.01. The Bertz CT molecular complexity index is 660. The lowest BCUT2D eigenvalue weighted by atomic mass is 10.2. The van der Waals surface area contributed by atoms with Gasteiger partial charge < -0.3 is 29.9 Å². The highest BCUT2D eigenvalue weighted by atomic mass is 16.5. The molecule has 1 unspecified atom stereocenters. The number of nitrogens with zero attached hydrogens (tertiary/aromatic N) is 2. The number of nitrogens with one attached hydrogen (secondary N) is 2. The Kier molecular flexibility index (Phi) is 23.4. The van der Waals surface area contributed by atoms with Gasteiger partial charge in [0.2, 0.25) is 17.9 Å². The molecule has 0 heterocycles. The first-order valence-electron chi connectivity index (χ1n) is 15.1. The van der Waals surface area contributed by atoms with Crippen LogP contribution in [0.1, 0.15) is 98.3 Å². The number of ether oxygens (including phenoxy) is 2. The summed E-state index contributed by atoms with van der Waals surface area (Å²) in [5.41, 5.74) is 0. The van der Waals surface area contributed by atoms with Gasteiger partial charge in [0.05, 0.1) is 0 Å². The summed E-state index contributed by atoms with van der Waals surface area (Å²) in [5, 5.41) is 5.60. The van der Waals surface area contributed by atoms with E-state index in [0.717, 1.165) is 83.7 Å². The Morgan fingerprint density at radius 2 is 1.13 bits per heavy atom. The zero-order valence-corrected chi connectivity index (χ0v) is 25.4. The molecule has 0 aromatic rings. The average Bonchev–Trinajstić information content (AvgIpc) is 2.92. The molecule has 0 spiro atoms. The lowest BCUT2D eigenvalue weighted by Crippen LogP contribution is -2.49. The second-order valence-electron chi connectivity index (χ2n) is 9.93. The SMILES string of the molecule is CCCCN(CCCC)C(=O)COCC(=O)NCCCCCNC(=O)C(OC)C(=O)N(CCCC)CCCC. The van der Waals surface area contributed by atoms with Gasteiger partial charge in [-0.05, 0) is 44.9 Å². The molecule has 0 saturated carbocycles. The van der Waals surface area contributed by atoms with E-state index in [2.05, 4.69) is 38.3 Å². The molecule has 0 aliphatic rings. The minimum Gasteiger partial charge on any atom is -0.362 e. The fourth-order valence-corrected chi connectivity index (χ4v) is 3.91. The summed E-state index contributed by atoms with van der Waals surface area (Å²) >= 11 is 0. The van der Waals surface area contributed by atoms with Crippen molar-refractivity contribution in [3.05, 3.63) is 0 Å². The van der Waals surface area contributed by atoms with Crippen LogP contribution in [0.25, 0.3) is 0 Å². The first-order valence-corrected chi connectivity index (χ1v) is 15.1. The fourth-order valence-electron chi connectivity index (χ4n) is 3.91. The molecular formula is C29H56N4O6. The highest BCUT2D eigenvalue weighted by molar-refractivity contribution is 6.03. The van der Waals surface area contributed by atoms with Gasteiger partial charge in [-0.3, -0.25) is 19.2 Å². The first-order chi connectivity index (χ1) is 18.9. The van der Waals surface area contributed by atoms with Crippen molar-refractivity contribution in [3.63, 3.8) is 0 Å². The van der Waals surface area contributed by atoms with E-state index in [1.165, 1.54) is 7.11 Å². The lowest BCUT2D eigenvalue weighted by molar-refractivity contribution is -0.150. The Balaban J connectivity index is 4.17. The predicted octanol–water partition coefficient (Wildman–Crippen LogP) is 3.28. The number of unbranched alkanes of at least 4 members (excludes halogenated alkanes) is 6. The van der Waals surface area contributed by atoms with E-state index < -0.39 is 12.0 Å². The molecule has 4 amide bonds. The number of rotatable bonds is 25. The second-order valence-corrected chi connectivity index (χ2v) is 9.93. The zero-order chi connectivity index (χ0) is 29.3. The van der Waals surface area contributed by atoms with E-state index >= 15 is 0 Å². The molecule has 0 fully saturated rings. The van der Waals surface area contributed by atoms with Crippen LogP contribution in [0.4, 0.5) is 0 Å². The summed E-state index contributed by atoms with van der Waals surface area (Å²) in [6.45, 7) is 11.7. The largest absolute Gasteiger partial charge is 0.362 e. The maximum atomic E-state index is 12.9. The zero-order valence-electron chi connectivity index (χ0n) is 25.4. The van der Waals surface area contributed by atoms with Gasteiger partial charge in [-0.25, -0.2) is 0 Å². The first kappa shape index (κ1) is 36.8. The average molecular weight is 557 g/mol. The second kappa shape index (κ2) is 24.8. The third-order valence-electron chi connectivity index (χ3n) is 6.42. The minimum atomic E-state index is -1.13. The van der Waals surface area contributed by atoms with Crippen molar-refractivity contribution in [1.29, 1.82) is 0 Å². The van der Waals surface area contributed by atoms with Crippen molar-refractivity contribution in [3.8, 4) is 0 Å². The van der Waals surface area contributed by atoms with Crippen molar-refractivity contribution < 1.29 is 28.7 Å². The highest BCUT2D eigenvalue weighted by Crippen LogP contribution is 2.06. The minimum absolute atomic E-state index is 0.0706. The number of hydrogen-bond donors (Lipinski definition) is 2. The number of hydrogen-bond acceptors (Lipinski definition) is 6. The van der Waals surface area contributed by atoms with Gasteiger partial charge in [-0.15, -0.1) is 0 Å². The number of carbonyl (C=O) groups is 4. The smallest absolute Gasteiger partial charge is 0.261 e. The van der Waals surface area contributed by atoms with E-state index in [1.807, 2.05) is 4.90 Å². The summed E-state index contributed by atoms with van der Waals surface area (Å²) < 4.78 is 10.6. The predicted molar refractivity (Wildman–Crippen MR) is 154 cm³/mol. The quantitative estimate of drug-likeness (QED) is 0.132. The van der Waals surface area contributed by atoms with E-state index in [0.29, 0.717) is 26.2 Å². The summed E-state index contributed by atoms with van der Waals surface area (Å²) in [7, 11) is 1.39. The van der Waals surface area contributed by atoms with E-state index in [4.69, 9.17) is 9.47 Å². The maximum absolute atomic E-state index is 12.9. The van der Waals surface area contributed by atoms with Gasteiger partial charge in [0.15, 0.2) is 0 Å². The summed E-state index contributed by atoms with van der Waals surface area (Å²) in [6.07, 6.45) is 8.84. The normalized spacial score (nSPS) is 11.6. The molecular weight excluding hydrogens is 500 g/mol. The van der Waals surface area contributed by atoms with Crippen LogP contribution in [-0.2, 0) is 28.7 Å². The molecule has 0 bridgehead atoms. The monoisotopic (exact) mass is 556 g/mol. The van der Waals surface area contributed by atoms with Crippen LogP contribution in [0, 0.1) is 0 Å². The Hall–Kier alpha value is -2.20. The van der Waals surface area contributed by atoms with Crippen LogP contribution in [0.5, 0.6) is 0 Å². The van der Waals surface area contributed by atoms with Crippen LogP contribution < -0.4 is 10.6 Å². The molecule has 0 aromatic heterocycles. The van der Waals surface area contributed by atoms with Crippen molar-refractivity contribution in [2.24, 2.45) is 0 Å². The molecule has 2 N–H and O–H groups in total. The molecule has 39 heavy (non-hydrogen) atoms. The number of methoxy groups -OCH3 is 1. The van der Waals surface area contributed by atoms with Crippen LogP contribution >= 0.6 is 0 Å². The topological polar surface area (TPSA) is 117 Å². The van der Waals surface area contributed by atoms with Crippen LogP contribution in [0.2, 0.25) is 0 Å². The van der Waals surface area contributed by atoms with E-state index in [-0.39, 0.29) is 30.9 Å². The number of amides is 4. The van der Waals surface area contributed by atoms with Crippen LogP contribution in [0.15, 0.2) is 0 Å². The van der Waals surface area contributed by atoms with E-state index in [1.54, 1.807) is 4.90 Å². The van der Waals surface area contributed by atoms with Crippen LogP contribution in [0.3, 0.4) is 0 Å². The van der Waals surface area contributed by atoms with Gasteiger partial charge in [0, 0.05) is 46.4 Å². The van der Waals surface area contributed by atoms with Gasteiger partial charge in [0.1, 0.15) is 13.2 Å². The molecule has 0 aromatic carbocycles. The molecule has 10 heteroatoms. The molecule has 0 radical (unpaired) electrons. The van der Waals surface area contributed by atoms with Crippen molar-refractivity contribution in [1.82, 2.24) is 20.4 Å². The van der Waals surface area contributed by atoms with Crippen molar-refractivity contribution in [2.45, 2.75) is 104 Å². The molecule has 0 rings (SSSR count). The molecule has 1 atom stereocenters. The van der Waals surface area contributed by atoms with E-state index in [9.17, 15) is 19.2 Å². The Morgan fingerprint density at radius 1 is 0.641 bits per heavy atom. The fraction of sp³-hybridized carbons (Fsp3) is 0.862. The standard InChI is InChI=1S/C29H56N4O6/c1-6-10-19-32(20-11-7-2)26(35)24-39-23-25(34)30-17-15-14-16-18-31-28(36)27(38-5)29(37)33(21-12-8-3)22-13-9-4/h27H,6-24H2,1-5H3,(H,30,34)(H,31,36). The van der Waals surface area contributed by atoms with Crippen molar-refractivity contribution in [2.75, 3.05) is 59.6 Å². The lowest BCUT2D eigenvalue weighted by Gasteiger charge is -2.26. The summed E-state index contributed by atoms with van der Waals surface area (Å²) in [6, 6.07) is 0. The van der Waals surface area contributed by atoms with Crippen molar-refractivity contribution >= 4 is 23.6 Å². The van der Waals surface area contributed by atoms with Crippen LogP contribution in [-0.4, -0.2) is 99.1 Å². The maximum Gasteiger partial charge on any atom is 0.261 e. The third kappa shape index (κ3) is 17.9. The van der Waals surface area contributed by atoms with Gasteiger partial charge in [-0.1, -0.05) is 53.4 Å². The summed E-state index contributed by atoms with van der Waals surface area (Å²) in [4.78, 5) is 53.4. The Morgan fingerprint density at radius 3 is 1.62 bits per heavy atom. The molecule has 10 nitrogen and oxygen atoms in total. The molecule has 0 aliphatic heterocycles.